The molecule has 52 valence electrons. The van der Waals surface area contributed by atoms with Crippen LogP contribution in [0.4, 0.5) is 0 Å². The van der Waals surface area contributed by atoms with Crippen molar-refractivity contribution in [1.29, 1.82) is 0 Å². The molecule has 0 atom stereocenters. The van der Waals surface area contributed by atoms with Crippen LogP contribution in [-0.4, -0.2) is 18.0 Å². The summed E-state index contributed by atoms with van der Waals surface area (Å²) in [5.41, 5.74) is 0.559. The minimum atomic E-state index is -0.0654. The largest absolute Gasteiger partial charge is 0.343 e. The highest BCUT2D eigenvalue weighted by atomic mass is 32.2. The van der Waals surface area contributed by atoms with Crippen LogP contribution < -0.4 is 5.32 Å². The average molecular weight is 145 g/mol. The van der Waals surface area contributed by atoms with Crippen LogP contribution in [0.1, 0.15) is 6.92 Å². The molecule has 1 N–H and O–H groups in total. The predicted molar refractivity (Wildman–Crippen MR) is 41.3 cm³/mol. The molecular formula is C6H11NOS. The third-order valence-electron chi connectivity index (χ3n) is 0.765. The molecule has 0 saturated heterocycles. The van der Waals surface area contributed by atoms with Gasteiger partial charge in [0.05, 0.1) is 5.88 Å². The fraction of sp³-hybridized carbons (Fsp3) is 0.500. The minimum Gasteiger partial charge on any atom is -0.343 e. The number of amides is 1. The van der Waals surface area contributed by atoms with E-state index in [0.29, 0.717) is 11.4 Å². The molecular weight excluding hydrogens is 134 g/mol. The molecule has 0 fully saturated rings. The van der Waals surface area contributed by atoms with Gasteiger partial charge in [0.1, 0.15) is 0 Å². The summed E-state index contributed by atoms with van der Waals surface area (Å²) in [6.07, 6.45) is 1.93. The van der Waals surface area contributed by atoms with Crippen molar-refractivity contribution in [3.8, 4) is 0 Å². The third kappa shape index (κ3) is 4.09. The lowest BCUT2D eigenvalue weighted by Crippen LogP contribution is -2.22. The van der Waals surface area contributed by atoms with Crippen LogP contribution >= 0.6 is 11.8 Å². The lowest BCUT2D eigenvalue weighted by molar-refractivity contribution is -0.117. The van der Waals surface area contributed by atoms with Gasteiger partial charge < -0.3 is 5.32 Å². The van der Waals surface area contributed by atoms with Crippen LogP contribution in [0.15, 0.2) is 12.2 Å². The smallest absolute Gasteiger partial charge is 0.246 e. The Morgan fingerprint density at radius 2 is 2.33 bits per heavy atom. The summed E-state index contributed by atoms with van der Waals surface area (Å²) in [5.74, 6) is 0.593. The molecule has 0 radical (unpaired) electrons. The van der Waals surface area contributed by atoms with E-state index >= 15 is 0 Å². The van der Waals surface area contributed by atoms with E-state index in [1.807, 2.05) is 6.26 Å². The maximum absolute atomic E-state index is 10.7. The standard InChI is InChI=1S/C6H11NOS/c1-5(2)6(8)7-4-9-3/h1,4H2,2-3H3,(H,7,8). The van der Waals surface area contributed by atoms with Gasteiger partial charge in [-0.25, -0.2) is 0 Å². The predicted octanol–water partition coefficient (Wildman–Crippen LogP) is 0.999. The van der Waals surface area contributed by atoms with Crippen molar-refractivity contribution in [3.63, 3.8) is 0 Å². The lowest BCUT2D eigenvalue weighted by atomic mass is 10.3. The van der Waals surface area contributed by atoms with E-state index in [2.05, 4.69) is 11.9 Å². The van der Waals surface area contributed by atoms with Crippen molar-refractivity contribution < 1.29 is 4.79 Å². The maximum Gasteiger partial charge on any atom is 0.246 e. The Labute approximate surface area is 59.7 Å². The molecule has 0 aliphatic heterocycles. The SMILES string of the molecule is C=C(C)C(=O)NCSC. The highest BCUT2D eigenvalue weighted by molar-refractivity contribution is 7.98. The molecule has 0 aromatic carbocycles. The molecule has 0 aliphatic rings. The summed E-state index contributed by atoms with van der Waals surface area (Å²) < 4.78 is 0. The van der Waals surface area contributed by atoms with Crippen molar-refractivity contribution >= 4 is 17.7 Å². The molecule has 0 rings (SSSR count). The normalized spacial score (nSPS) is 8.67. The summed E-state index contributed by atoms with van der Waals surface area (Å²) in [7, 11) is 0. The Kier molecular flexibility index (Phi) is 4.22. The van der Waals surface area contributed by atoms with E-state index in [9.17, 15) is 4.79 Å². The highest BCUT2D eigenvalue weighted by Crippen LogP contribution is 1.89. The molecule has 1 amide bonds. The topological polar surface area (TPSA) is 29.1 Å². The average Bonchev–Trinajstić information content (AvgIpc) is 1.82. The van der Waals surface area contributed by atoms with E-state index < -0.39 is 0 Å². The van der Waals surface area contributed by atoms with Crippen molar-refractivity contribution in [3.05, 3.63) is 12.2 Å². The minimum absolute atomic E-state index is 0.0654. The summed E-state index contributed by atoms with van der Waals surface area (Å²) in [6.45, 7) is 5.18. The number of rotatable bonds is 3. The van der Waals surface area contributed by atoms with Gasteiger partial charge in [-0.3, -0.25) is 4.79 Å². The zero-order valence-corrected chi connectivity index (χ0v) is 6.55. The monoisotopic (exact) mass is 145 g/mol. The first-order valence-corrected chi connectivity index (χ1v) is 4.00. The summed E-state index contributed by atoms with van der Waals surface area (Å²) in [5, 5.41) is 2.66. The number of hydrogen-bond donors (Lipinski definition) is 1. The first-order valence-electron chi connectivity index (χ1n) is 2.61. The molecule has 2 nitrogen and oxygen atoms in total. The zero-order chi connectivity index (χ0) is 7.28. The number of hydrogen-bond acceptors (Lipinski definition) is 2. The fourth-order valence-corrected chi connectivity index (χ4v) is 0.564. The first-order chi connectivity index (χ1) is 4.18. The molecule has 3 heteroatoms. The van der Waals surface area contributed by atoms with Gasteiger partial charge in [-0.2, -0.15) is 0 Å². The van der Waals surface area contributed by atoms with Crippen molar-refractivity contribution in [1.82, 2.24) is 5.32 Å². The van der Waals surface area contributed by atoms with E-state index in [0.717, 1.165) is 0 Å². The van der Waals surface area contributed by atoms with Gasteiger partial charge in [0.2, 0.25) is 5.91 Å². The van der Waals surface area contributed by atoms with Crippen LogP contribution in [0, 0.1) is 0 Å². The van der Waals surface area contributed by atoms with Gasteiger partial charge >= 0.3 is 0 Å². The number of carbonyl (C=O) groups is 1. The molecule has 0 spiro atoms. The van der Waals surface area contributed by atoms with Crippen LogP contribution in [0.25, 0.3) is 0 Å². The Morgan fingerprint density at radius 1 is 1.78 bits per heavy atom. The molecule has 0 aromatic heterocycles. The molecule has 0 aliphatic carbocycles. The summed E-state index contributed by atoms with van der Waals surface area (Å²) >= 11 is 1.57. The maximum atomic E-state index is 10.7. The first kappa shape index (κ1) is 8.56. The van der Waals surface area contributed by atoms with Crippen molar-refractivity contribution in [2.24, 2.45) is 0 Å². The van der Waals surface area contributed by atoms with Gasteiger partial charge in [-0.05, 0) is 13.2 Å². The van der Waals surface area contributed by atoms with E-state index in [-0.39, 0.29) is 5.91 Å². The molecule has 0 unspecified atom stereocenters. The fourth-order valence-electron chi connectivity index (χ4n) is 0.289. The van der Waals surface area contributed by atoms with Gasteiger partial charge in [0.25, 0.3) is 0 Å². The second-order valence-corrected chi connectivity index (χ2v) is 2.59. The Balaban J connectivity index is 3.39. The summed E-state index contributed by atoms with van der Waals surface area (Å²) in [4.78, 5) is 10.7. The van der Waals surface area contributed by atoms with E-state index in [1.54, 1.807) is 18.7 Å². The van der Waals surface area contributed by atoms with Gasteiger partial charge in [-0.15, -0.1) is 11.8 Å². The molecule has 0 aromatic rings. The van der Waals surface area contributed by atoms with Crippen LogP contribution in [-0.2, 0) is 4.79 Å². The lowest BCUT2D eigenvalue weighted by Gasteiger charge is -1.99. The van der Waals surface area contributed by atoms with E-state index in [1.165, 1.54) is 0 Å². The number of thioether (sulfide) groups is 1. The van der Waals surface area contributed by atoms with E-state index in [4.69, 9.17) is 0 Å². The molecule has 0 bridgehead atoms. The molecule has 0 heterocycles. The van der Waals surface area contributed by atoms with Crippen LogP contribution in [0.5, 0.6) is 0 Å². The van der Waals surface area contributed by atoms with Crippen LogP contribution in [0.2, 0.25) is 0 Å². The van der Waals surface area contributed by atoms with Gasteiger partial charge in [0.15, 0.2) is 0 Å². The highest BCUT2D eigenvalue weighted by Gasteiger charge is 1.96. The van der Waals surface area contributed by atoms with Gasteiger partial charge in [0, 0.05) is 5.57 Å². The third-order valence-corrected chi connectivity index (χ3v) is 1.20. The second kappa shape index (κ2) is 4.44. The summed E-state index contributed by atoms with van der Waals surface area (Å²) in [6, 6.07) is 0. The molecule has 0 saturated carbocycles. The number of nitrogens with one attached hydrogen (secondary N) is 1. The zero-order valence-electron chi connectivity index (χ0n) is 5.73. The Morgan fingerprint density at radius 3 is 2.67 bits per heavy atom. The quantitative estimate of drug-likeness (QED) is 0.474. The Hall–Kier alpha value is -0.440. The second-order valence-electron chi connectivity index (χ2n) is 1.72. The van der Waals surface area contributed by atoms with Crippen molar-refractivity contribution in [2.75, 3.05) is 12.1 Å². The van der Waals surface area contributed by atoms with Crippen LogP contribution in [0.3, 0.4) is 0 Å². The number of carbonyl (C=O) groups excluding carboxylic acids is 1. The van der Waals surface area contributed by atoms with Gasteiger partial charge in [-0.1, -0.05) is 6.58 Å². The van der Waals surface area contributed by atoms with Crippen molar-refractivity contribution in [2.45, 2.75) is 6.92 Å². The molecule has 9 heavy (non-hydrogen) atoms. The Bertz CT molecular complexity index is 122.